The molecule has 6 rings (SSSR count). The molecule has 1 atom stereocenters. The second kappa shape index (κ2) is 9.90. The average molecular weight is 509 g/mol. The summed E-state index contributed by atoms with van der Waals surface area (Å²) in [5.74, 6) is 1.26. The first-order valence-corrected chi connectivity index (χ1v) is 13.1. The fraction of sp³-hybridized carbons (Fsp3) is 0.519. The Morgan fingerprint density at radius 3 is 2.86 bits per heavy atom. The molecule has 2 N–H and O–H groups in total. The Bertz CT molecular complexity index is 1300. The Hall–Kier alpha value is -3.24. The second-order valence-corrected chi connectivity index (χ2v) is 10.5. The van der Waals surface area contributed by atoms with Gasteiger partial charge in [0.1, 0.15) is 36.0 Å². The van der Waals surface area contributed by atoms with Crippen molar-refractivity contribution < 1.29 is 18.7 Å². The first-order valence-electron chi connectivity index (χ1n) is 13.1. The maximum atomic E-state index is 15.1. The highest BCUT2D eigenvalue weighted by Crippen LogP contribution is 2.44. The summed E-state index contributed by atoms with van der Waals surface area (Å²) in [7, 11) is 1.86. The van der Waals surface area contributed by atoms with Crippen LogP contribution in [-0.4, -0.2) is 82.8 Å². The lowest BCUT2D eigenvalue weighted by Gasteiger charge is -2.41. The van der Waals surface area contributed by atoms with Gasteiger partial charge in [0.15, 0.2) is 0 Å². The summed E-state index contributed by atoms with van der Waals surface area (Å²) in [6.07, 6.45) is 7.45. The molecule has 1 unspecified atom stereocenters. The fourth-order valence-corrected chi connectivity index (χ4v) is 5.76. The van der Waals surface area contributed by atoms with E-state index in [1.54, 1.807) is 17.0 Å². The van der Waals surface area contributed by atoms with E-state index in [0.717, 1.165) is 51.9 Å². The van der Waals surface area contributed by atoms with E-state index in [9.17, 15) is 4.79 Å². The number of rotatable bonds is 7. The van der Waals surface area contributed by atoms with Gasteiger partial charge in [-0.25, -0.2) is 14.4 Å². The van der Waals surface area contributed by atoms with Crippen LogP contribution < -0.4 is 10.5 Å². The number of carbonyl (C=O) groups excluding carboxylic acids is 1. The van der Waals surface area contributed by atoms with Crippen molar-refractivity contribution in [2.24, 2.45) is 5.92 Å². The number of carbonyl (C=O) groups is 1. The molecule has 2 aromatic heterocycles. The van der Waals surface area contributed by atoms with E-state index in [-0.39, 0.29) is 23.9 Å². The predicted octanol–water partition coefficient (Wildman–Crippen LogP) is 3.10. The van der Waals surface area contributed by atoms with Gasteiger partial charge in [0.2, 0.25) is 5.91 Å². The van der Waals surface area contributed by atoms with Gasteiger partial charge in [-0.15, -0.1) is 0 Å². The summed E-state index contributed by atoms with van der Waals surface area (Å²) >= 11 is 0. The predicted molar refractivity (Wildman–Crippen MR) is 138 cm³/mol. The lowest BCUT2D eigenvalue weighted by Crippen LogP contribution is -2.50. The van der Waals surface area contributed by atoms with Gasteiger partial charge >= 0.3 is 0 Å². The molecule has 2 saturated heterocycles. The maximum Gasteiger partial charge on any atom is 0.236 e. The zero-order chi connectivity index (χ0) is 25.5. The van der Waals surface area contributed by atoms with Crippen LogP contribution in [0.3, 0.4) is 0 Å². The maximum absolute atomic E-state index is 15.1. The normalized spacial score (nSPS) is 24.5. The Morgan fingerprint density at radius 2 is 2.08 bits per heavy atom. The van der Waals surface area contributed by atoms with Gasteiger partial charge in [-0.3, -0.25) is 9.69 Å². The molecule has 0 bridgehead atoms. The zero-order valence-corrected chi connectivity index (χ0v) is 21.1. The minimum Gasteiger partial charge on any atom is -0.491 e. The van der Waals surface area contributed by atoms with E-state index < -0.39 is 0 Å². The SMILES string of the molecule is CN1CCN(C[C@H]2C[C@@H](n3cc(-c4cc(OCC5CCCO5)ccc4F)c4c(N)ncnc43)C2)CC1=O. The lowest BCUT2D eigenvalue weighted by molar-refractivity contribution is -0.134. The van der Waals surface area contributed by atoms with Crippen LogP contribution in [-0.2, 0) is 9.53 Å². The molecule has 2 aliphatic heterocycles. The molecule has 1 aromatic carbocycles. The molecule has 0 spiro atoms. The van der Waals surface area contributed by atoms with Gasteiger partial charge < -0.3 is 24.7 Å². The molecule has 37 heavy (non-hydrogen) atoms. The molecule has 1 aliphatic carbocycles. The standard InChI is InChI=1S/C27H33FN6O3/c1-32-6-7-33(14-24(32)35)12-17-9-18(10-17)34-13-22(25-26(29)30-16-31-27(25)34)21-11-19(4-5-23(21)28)37-15-20-3-2-8-36-20/h4-5,11,13,16-18,20H,2-3,6-10,12,14-15H2,1H3,(H2,29,30,31)/t17-,18+,20?. The number of hydrogen-bond donors (Lipinski definition) is 1. The van der Waals surface area contributed by atoms with E-state index in [4.69, 9.17) is 15.2 Å². The molecule has 9 nitrogen and oxygen atoms in total. The molecule has 4 heterocycles. The number of likely N-dealkylation sites (N-methyl/N-ethyl adjacent to an activating group) is 1. The number of benzene rings is 1. The lowest BCUT2D eigenvalue weighted by atomic mass is 9.79. The van der Waals surface area contributed by atoms with Crippen LogP contribution >= 0.6 is 0 Å². The Kier molecular flexibility index (Phi) is 6.46. The minimum atomic E-state index is -0.349. The third-order valence-corrected chi connectivity index (χ3v) is 7.98. The Morgan fingerprint density at radius 1 is 1.22 bits per heavy atom. The van der Waals surface area contributed by atoms with Gasteiger partial charge in [0.05, 0.1) is 18.0 Å². The quantitative estimate of drug-likeness (QED) is 0.524. The van der Waals surface area contributed by atoms with Crippen LogP contribution in [0.1, 0.15) is 31.7 Å². The summed E-state index contributed by atoms with van der Waals surface area (Å²) < 4.78 is 28.8. The van der Waals surface area contributed by atoms with E-state index >= 15 is 4.39 Å². The van der Waals surface area contributed by atoms with E-state index in [2.05, 4.69) is 19.4 Å². The molecule has 3 fully saturated rings. The van der Waals surface area contributed by atoms with Crippen LogP contribution in [0.5, 0.6) is 5.75 Å². The number of hydrogen-bond acceptors (Lipinski definition) is 7. The second-order valence-electron chi connectivity index (χ2n) is 10.5. The van der Waals surface area contributed by atoms with Crippen LogP contribution in [0.25, 0.3) is 22.2 Å². The molecule has 196 valence electrons. The average Bonchev–Trinajstić information content (AvgIpc) is 3.52. The van der Waals surface area contributed by atoms with Crippen LogP contribution in [0.4, 0.5) is 10.2 Å². The number of fused-ring (bicyclic) bond motifs is 1. The smallest absolute Gasteiger partial charge is 0.236 e. The molecule has 3 aliphatic rings. The first kappa shape index (κ1) is 24.1. The van der Waals surface area contributed by atoms with Crippen molar-refractivity contribution in [3.8, 4) is 16.9 Å². The number of nitrogens with two attached hydrogens (primary N) is 1. The van der Waals surface area contributed by atoms with Crippen molar-refractivity contribution in [1.82, 2.24) is 24.3 Å². The van der Waals surface area contributed by atoms with Gasteiger partial charge in [0, 0.05) is 56.7 Å². The highest BCUT2D eigenvalue weighted by molar-refractivity contribution is 6.01. The molecule has 1 amide bonds. The number of ether oxygens (including phenoxy) is 2. The van der Waals surface area contributed by atoms with Crippen molar-refractivity contribution in [2.45, 2.75) is 37.8 Å². The third kappa shape index (κ3) is 4.75. The Balaban J connectivity index is 1.22. The number of nitrogens with zero attached hydrogens (tertiary/aromatic N) is 5. The molecule has 3 aromatic rings. The number of nitrogen functional groups attached to an aromatic ring is 1. The number of amides is 1. The third-order valence-electron chi connectivity index (χ3n) is 7.98. The number of anilines is 1. The van der Waals surface area contributed by atoms with E-state index in [0.29, 0.717) is 52.8 Å². The summed E-state index contributed by atoms with van der Waals surface area (Å²) in [6, 6.07) is 5.04. The van der Waals surface area contributed by atoms with Gasteiger partial charge in [-0.2, -0.15) is 0 Å². The van der Waals surface area contributed by atoms with Crippen molar-refractivity contribution in [2.75, 3.05) is 52.2 Å². The van der Waals surface area contributed by atoms with E-state index in [1.807, 2.05) is 13.2 Å². The topological polar surface area (TPSA) is 98.7 Å². The highest BCUT2D eigenvalue weighted by Gasteiger charge is 2.35. The van der Waals surface area contributed by atoms with Gasteiger partial charge in [0.25, 0.3) is 0 Å². The summed E-state index contributed by atoms with van der Waals surface area (Å²) in [5.41, 5.74) is 8.09. The molecule has 1 saturated carbocycles. The number of piperazine rings is 1. The van der Waals surface area contributed by atoms with Crippen LogP contribution in [0.2, 0.25) is 0 Å². The number of halogens is 1. The number of aromatic nitrogens is 3. The summed E-state index contributed by atoms with van der Waals surface area (Å²) in [5, 5.41) is 0.658. The molecule has 10 heteroatoms. The monoisotopic (exact) mass is 508 g/mol. The summed E-state index contributed by atoms with van der Waals surface area (Å²) in [4.78, 5) is 24.8. The first-order chi connectivity index (χ1) is 18.0. The van der Waals surface area contributed by atoms with Crippen molar-refractivity contribution >= 4 is 22.8 Å². The van der Waals surface area contributed by atoms with Crippen molar-refractivity contribution in [3.05, 3.63) is 36.5 Å². The van der Waals surface area contributed by atoms with Crippen molar-refractivity contribution in [3.63, 3.8) is 0 Å². The minimum absolute atomic E-state index is 0.0787. The molecule has 0 radical (unpaired) electrons. The fourth-order valence-electron chi connectivity index (χ4n) is 5.76. The van der Waals surface area contributed by atoms with E-state index in [1.165, 1.54) is 12.4 Å². The van der Waals surface area contributed by atoms with Crippen LogP contribution in [0, 0.1) is 11.7 Å². The molecular formula is C27H33FN6O3. The van der Waals surface area contributed by atoms with Crippen molar-refractivity contribution in [1.29, 1.82) is 0 Å². The summed E-state index contributed by atoms with van der Waals surface area (Å²) in [6.45, 7) is 4.30. The largest absolute Gasteiger partial charge is 0.491 e. The zero-order valence-electron chi connectivity index (χ0n) is 21.1. The highest BCUT2D eigenvalue weighted by atomic mass is 19.1. The Labute approximate surface area is 215 Å². The van der Waals surface area contributed by atoms with Crippen LogP contribution in [0.15, 0.2) is 30.7 Å². The van der Waals surface area contributed by atoms with Gasteiger partial charge in [-0.05, 0) is 49.8 Å². The molecular weight excluding hydrogens is 475 g/mol. The van der Waals surface area contributed by atoms with Gasteiger partial charge in [-0.1, -0.05) is 0 Å².